The van der Waals surface area contributed by atoms with E-state index in [0.29, 0.717) is 24.4 Å². The molecule has 0 saturated carbocycles. The Labute approximate surface area is 122 Å². The number of methoxy groups -OCH3 is 1. The van der Waals surface area contributed by atoms with Crippen molar-refractivity contribution in [3.63, 3.8) is 0 Å². The van der Waals surface area contributed by atoms with Crippen LogP contribution in [0.1, 0.15) is 17.3 Å². The molecule has 0 unspecified atom stereocenters. The van der Waals surface area contributed by atoms with Crippen molar-refractivity contribution in [2.24, 2.45) is 0 Å². The monoisotopic (exact) mass is 295 g/mol. The first-order valence-corrected chi connectivity index (χ1v) is 6.41. The zero-order chi connectivity index (χ0) is 15.0. The summed E-state index contributed by atoms with van der Waals surface area (Å²) in [7, 11) is 1.56. The number of benzene rings is 1. The molecule has 0 radical (unpaired) electrons. The molecule has 0 saturated heterocycles. The van der Waals surface area contributed by atoms with Gasteiger partial charge in [-0.15, -0.1) is 0 Å². The first-order valence-electron chi connectivity index (χ1n) is 6.00. The van der Waals surface area contributed by atoms with Crippen molar-refractivity contribution in [1.82, 2.24) is 16.0 Å². The van der Waals surface area contributed by atoms with Crippen LogP contribution in [0.15, 0.2) is 24.3 Å². The van der Waals surface area contributed by atoms with Gasteiger partial charge in [-0.1, -0.05) is 0 Å². The maximum Gasteiger partial charge on any atom is 0.257 e. The number of hydrogen-bond donors (Lipinski definition) is 3. The third kappa shape index (κ3) is 5.66. The minimum atomic E-state index is -0.301. The van der Waals surface area contributed by atoms with Crippen LogP contribution in [0.25, 0.3) is 0 Å². The highest BCUT2D eigenvalue weighted by Gasteiger charge is 2.07. The first-order chi connectivity index (χ1) is 9.52. The van der Waals surface area contributed by atoms with Gasteiger partial charge in [-0.05, 0) is 36.5 Å². The summed E-state index contributed by atoms with van der Waals surface area (Å²) in [4.78, 5) is 22.5. The second-order valence-corrected chi connectivity index (χ2v) is 4.33. The Kier molecular flexibility index (Phi) is 6.45. The molecule has 6 nitrogen and oxygen atoms in total. The Hall–Kier alpha value is -2.15. The van der Waals surface area contributed by atoms with Crippen LogP contribution in [-0.2, 0) is 4.79 Å². The van der Waals surface area contributed by atoms with E-state index in [4.69, 9.17) is 17.0 Å². The van der Waals surface area contributed by atoms with E-state index in [-0.39, 0.29) is 16.9 Å². The zero-order valence-electron chi connectivity index (χ0n) is 11.4. The number of carbonyl (C=O) groups excluding carboxylic acids is 2. The van der Waals surface area contributed by atoms with Gasteiger partial charge in [0.2, 0.25) is 5.91 Å². The van der Waals surface area contributed by atoms with Crippen molar-refractivity contribution < 1.29 is 14.3 Å². The number of carbonyl (C=O) groups is 2. The second kappa shape index (κ2) is 8.11. The van der Waals surface area contributed by atoms with Gasteiger partial charge in [-0.25, -0.2) is 0 Å². The van der Waals surface area contributed by atoms with Gasteiger partial charge in [0.1, 0.15) is 5.75 Å². The van der Waals surface area contributed by atoms with E-state index in [1.54, 1.807) is 31.4 Å². The zero-order valence-corrected chi connectivity index (χ0v) is 12.2. The van der Waals surface area contributed by atoms with Crippen LogP contribution in [0.3, 0.4) is 0 Å². The molecule has 3 N–H and O–H groups in total. The lowest BCUT2D eigenvalue weighted by molar-refractivity contribution is -0.118. The minimum absolute atomic E-state index is 0.111. The lowest BCUT2D eigenvalue weighted by Crippen LogP contribution is -2.42. The van der Waals surface area contributed by atoms with Crippen LogP contribution in [-0.4, -0.2) is 37.1 Å². The number of amides is 2. The second-order valence-electron chi connectivity index (χ2n) is 3.92. The highest BCUT2D eigenvalue weighted by molar-refractivity contribution is 7.80. The quantitative estimate of drug-likeness (QED) is 0.542. The SMILES string of the molecule is COc1ccc(C(=O)NC(=S)NCCNC(C)=O)cc1. The Morgan fingerprint density at radius 2 is 1.75 bits per heavy atom. The summed E-state index contributed by atoms with van der Waals surface area (Å²) in [6, 6.07) is 6.69. The molecule has 0 atom stereocenters. The van der Waals surface area contributed by atoms with Crippen LogP contribution < -0.4 is 20.7 Å². The van der Waals surface area contributed by atoms with E-state index in [9.17, 15) is 9.59 Å². The summed E-state index contributed by atoms with van der Waals surface area (Å²) < 4.78 is 5.01. The fourth-order valence-electron chi connectivity index (χ4n) is 1.38. The molecule has 1 aromatic carbocycles. The van der Waals surface area contributed by atoms with Gasteiger partial charge in [-0.2, -0.15) is 0 Å². The summed E-state index contributed by atoms with van der Waals surface area (Å²) in [5, 5.41) is 8.20. The summed E-state index contributed by atoms with van der Waals surface area (Å²) in [6.45, 7) is 2.32. The molecular weight excluding hydrogens is 278 g/mol. The average Bonchev–Trinajstić information content (AvgIpc) is 2.43. The smallest absolute Gasteiger partial charge is 0.257 e. The van der Waals surface area contributed by atoms with Gasteiger partial charge in [0, 0.05) is 25.6 Å². The van der Waals surface area contributed by atoms with Crippen LogP contribution in [0.2, 0.25) is 0 Å². The van der Waals surface area contributed by atoms with Crippen LogP contribution in [0.4, 0.5) is 0 Å². The van der Waals surface area contributed by atoms with Crippen molar-refractivity contribution in [2.75, 3.05) is 20.2 Å². The predicted octanol–water partition coefficient (Wildman–Crippen LogP) is 0.436. The van der Waals surface area contributed by atoms with Crippen molar-refractivity contribution in [3.8, 4) is 5.75 Å². The van der Waals surface area contributed by atoms with E-state index in [2.05, 4.69) is 16.0 Å². The average molecular weight is 295 g/mol. The standard InChI is InChI=1S/C13H17N3O3S/c1-9(17)14-7-8-15-13(20)16-12(18)10-3-5-11(19-2)6-4-10/h3-6H,7-8H2,1-2H3,(H,14,17)(H2,15,16,18,20). The number of ether oxygens (including phenoxy) is 1. The first kappa shape index (κ1) is 15.9. The van der Waals surface area contributed by atoms with E-state index in [1.165, 1.54) is 6.92 Å². The summed E-state index contributed by atoms with van der Waals surface area (Å²) in [5.74, 6) is 0.266. The van der Waals surface area contributed by atoms with Crippen LogP contribution in [0.5, 0.6) is 5.75 Å². The minimum Gasteiger partial charge on any atom is -0.497 e. The van der Waals surface area contributed by atoms with Crippen molar-refractivity contribution in [1.29, 1.82) is 0 Å². The van der Waals surface area contributed by atoms with E-state index in [1.807, 2.05) is 0 Å². The fourth-order valence-corrected chi connectivity index (χ4v) is 1.57. The number of rotatable bonds is 5. The maximum atomic E-state index is 11.8. The molecule has 0 aliphatic rings. The Morgan fingerprint density at radius 3 is 2.30 bits per heavy atom. The van der Waals surface area contributed by atoms with Crippen molar-refractivity contribution >= 4 is 29.1 Å². The molecule has 108 valence electrons. The van der Waals surface area contributed by atoms with Gasteiger partial charge in [-0.3, -0.25) is 14.9 Å². The lowest BCUT2D eigenvalue weighted by atomic mass is 10.2. The van der Waals surface area contributed by atoms with Gasteiger partial charge in [0.05, 0.1) is 7.11 Å². The maximum absolute atomic E-state index is 11.8. The van der Waals surface area contributed by atoms with Crippen LogP contribution >= 0.6 is 12.2 Å². The molecule has 1 rings (SSSR count). The molecule has 0 aliphatic heterocycles. The Balaban J connectivity index is 2.37. The molecule has 1 aromatic rings. The van der Waals surface area contributed by atoms with Crippen molar-refractivity contribution in [3.05, 3.63) is 29.8 Å². The van der Waals surface area contributed by atoms with Gasteiger partial charge in [0.25, 0.3) is 5.91 Å². The predicted molar refractivity (Wildman–Crippen MR) is 79.7 cm³/mol. The summed E-state index contributed by atoms with van der Waals surface area (Å²) in [5.41, 5.74) is 0.483. The number of thiocarbonyl (C=S) groups is 1. The molecule has 0 aromatic heterocycles. The lowest BCUT2D eigenvalue weighted by Gasteiger charge is -2.10. The highest BCUT2D eigenvalue weighted by Crippen LogP contribution is 2.10. The summed E-state index contributed by atoms with van der Waals surface area (Å²) in [6.07, 6.45) is 0. The third-order valence-corrected chi connectivity index (χ3v) is 2.61. The molecular formula is C13H17N3O3S. The summed E-state index contributed by atoms with van der Waals surface area (Å²) >= 11 is 4.98. The topological polar surface area (TPSA) is 79.5 Å². The van der Waals surface area contributed by atoms with E-state index in [0.717, 1.165) is 0 Å². The number of nitrogens with one attached hydrogen (secondary N) is 3. The molecule has 0 heterocycles. The van der Waals surface area contributed by atoms with Crippen LogP contribution in [0, 0.1) is 0 Å². The highest BCUT2D eigenvalue weighted by atomic mass is 32.1. The normalized spacial score (nSPS) is 9.50. The third-order valence-electron chi connectivity index (χ3n) is 2.36. The molecule has 0 bridgehead atoms. The molecule has 7 heteroatoms. The van der Waals surface area contributed by atoms with Gasteiger partial charge in [0.15, 0.2) is 5.11 Å². The molecule has 2 amide bonds. The van der Waals surface area contributed by atoms with Gasteiger partial charge < -0.3 is 15.4 Å². The fraction of sp³-hybridized carbons (Fsp3) is 0.308. The van der Waals surface area contributed by atoms with Crippen molar-refractivity contribution in [2.45, 2.75) is 6.92 Å². The van der Waals surface area contributed by atoms with E-state index < -0.39 is 0 Å². The molecule has 0 spiro atoms. The molecule has 20 heavy (non-hydrogen) atoms. The Morgan fingerprint density at radius 1 is 1.15 bits per heavy atom. The number of hydrogen-bond acceptors (Lipinski definition) is 4. The van der Waals surface area contributed by atoms with E-state index >= 15 is 0 Å². The largest absolute Gasteiger partial charge is 0.497 e. The Bertz CT molecular complexity index is 488. The van der Waals surface area contributed by atoms with Gasteiger partial charge >= 0.3 is 0 Å². The molecule has 0 fully saturated rings. The molecule has 0 aliphatic carbocycles.